The first-order valence-corrected chi connectivity index (χ1v) is 16.8. The molecule has 1 unspecified atom stereocenters. The zero-order valence-corrected chi connectivity index (χ0v) is 27.8. The number of carbonyl (C=O) groups is 1. The summed E-state index contributed by atoms with van der Waals surface area (Å²) in [6.07, 6.45) is 0.267. The van der Waals surface area contributed by atoms with Crippen molar-refractivity contribution in [3.63, 3.8) is 0 Å². The third-order valence-electron chi connectivity index (χ3n) is 6.86. The fraction of sp³-hybridized carbons (Fsp3) is 0.161. The minimum Gasteiger partial charge on any atom is -0.271 e. The summed E-state index contributed by atoms with van der Waals surface area (Å²) in [5, 5.41) is 6.23. The number of hydrazone groups is 1. The van der Waals surface area contributed by atoms with E-state index in [1.807, 2.05) is 26.0 Å². The number of sulfonamides is 1. The highest BCUT2D eigenvalue weighted by Crippen LogP contribution is 2.43. The molecule has 1 aliphatic heterocycles. The van der Waals surface area contributed by atoms with Gasteiger partial charge in [0.1, 0.15) is 10.9 Å². The maximum Gasteiger partial charge on any atom is 0.266 e. The number of carbonyl (C=O) groups excluding carboxylic acids is 1. The molecule has 0 saturated carbocycles. The van der Waals surface area contributed by atoms with Crippen molar-refractivity contribution in [2.45, 2.75) is 35.3 Å². The van der Waals surface area contributed by atoms with Crippen LogP contribution in [0.4, 0.5) is 11.4 Å². The van der Waals surface area contributed by atoms with Crippen LogP contribution in [0.15, 0.2) is 93.8 Å². The molecule has 0 aliphatic carbocycles. The van der Waals surface area contributed by atoms with E-state index in [9.17, 15) is 13.2 Å². The van der Waals surface area contributed by atoms with Crippen molar-refractivity contribution >= 4 is 91.2 Å². The standard InChI is InChI=1S/C31H25Cl4N3O3S2/c1-18-8-11-22(12-9-18)43(40,41)37(3)27-6-4-5-7-28(27)42-30-26(15-20-14-19(2)10-13-23(20)33)36-38(31(30)39)29-24(34)16-21(32)17-25(29)35/h4-14,16-17,30H,15H2,1-3H3. The van der Waals surface area contributed by atoms with E-state index in [1.54, 1.807) is 54.6 Å². The van der Waals surface area contributed by atoms with Crippen LogP contribution < -0.4 is 9.31 Å². The van der Waals surface area contributed by atoms with Crippen molar-refractivity contribution in [2.75, 3.05) is 16.4 Å². The lowest BCUT2D eigenvalue weighted by Crippen LogP contribution is -2.31. The second kappa shape index (κ2) is 12.7. The number of rotatable bonds is 8. The van der Waals surface area contributed by atoms with E-state index in [1.165, 1.54) is 40.3 Å². The van der Waals surface area contributed by atoms with Gasteiger partial charge in [0.25, 0.3) is 15.9 Å². The van der Waals surface area contributed by atoms with E-state index in [0.717, 1.165) is 16.7 Å². The van der Waals surface area contributed by atoms with Gasteiger partial charge in [-0.2, -0.15) is 10.1 Å². The Morgan fingerprint density at radius 1 is 0.860 bits per heavy atom. The molecule has 0 spiro atoms. The first kappa shape index (κ1) is 31.7. The Hall–Kier alpha value is -2.72. The number of aryl methyl sites for hydroxylation is 2. The molecule has 6 nitrogen and oxygen atoms in total. The number of anilines is 2. The number of para-hydroxylation sites is 1. The molecule has 0 aromatic heterocycles. The fourth-order valence-corrected chi connectivity index (χ4v) is 8.24. The maximum atomic E-state index is 14.1. The summed E-state index contributed by atoms with van der Waals surface area (Å²) in [5.41, 5.74) is 3.87. The Balaban J connectivity index is 1.56. The van der Waals surface area contributed by atoms with E-state index in [0.29, 0.717) is 26.3 Å². The van der Waals surface area contributed by atoms with Gasteiger partial charge in [-0.15, -0.1) is 11.8 Å². The van der Waals surface area contributed by atoms with Crippen LogP contribution in [-0.4, -0.2) is 32.3 Å². The van der Waals surface area contributed by atoms with Gasteiger partial charge in [-0.3, -0.25) is 9.10 Å². The number of hydrogen-bond donors (Lipinski definition) is 0. The minimum atomic E-state index is -3.89. The van der Waals surface area contributed by atoms with Crippen molar-refractivity contribution in [3.8, 4) is 0 Å². The first-order valence-electron chi connectivity index (χ1n) is 13.0. The number of halogens is 4. The van der Waals surface area contributed by atoms with Crippen molar-refractivity contribution in [1.82, 2.24) is 0 Å². The highest BCUT2D eigenvalue weighted by molar-refractivity contribution is 8.01. The van der Waals surface area contributed by atoms with Crippen molar-refractivity contribution in [1.29, 1.82) is 0 Å². The number of benzene rings is 4. The minimum absolute atomic E-state index is 0.159. The van der Waals surface area contributed by atoms with Gasteiger partial charge in [0, 0.05) is 28.4 Å². The van der Waals surface area contributed by atoms with E-state index in [-0.39, 0.29) is 27.0 Å². The van der Waals surface area contributed by atoms with E-state index < -0.39 is 21.2 Å². The predicted octanol–water partition coefficient (Wildman–Crippen LogP) is 8.85. The number of hydrogen-bond acceptors (Lipinski definition) is 5. The normalized spacial score (nSPS) is 15.1. The largest absolute Gasteiger partial charge is 0.271 e. The molecule has 222 valence electrons. The summed E-state index contributed by atoms with van der Waals surface area (Å²) < 4.78 is 28.4. The first-order chi connectivity index (χ1) is 20.4. The van der Waals surface area contributed by atoms with Crippen LogP contribution >= 0.6 is 58.2 Å². The highest BCUT2D eigenvalue weighted by atomic mass is 35.5. The molecule has 0 N–H and O–H groups in total. The number of amides is 1. The average Bonchev–Trinajstić information content (AvgIpc) is 3.24. The van der Waals surface area contributed by atoms with Crippen LogP contribution in [0.1, 0.15) is 16.7 Å². The fourth-order valence-electron chi connectivity index (χ4n) is 4.60. The quantitative estimate of drug-likeness (QED) is 0.185. The maximum absolute atomic E-state index is 14.1. The highest BCUT2D eigenvalue weighted by Gasteiger charge is 2.40. The summed E-state index contributed by atoms with van der Waals surface area (Å²) in [4.78, 5) is 14.8. The van der Waals surface area contributed by atoms with Crippen LogP contribution in [0, 0.1) is 13.8 Å². The van der Waals surface area contributed by atoms with Crippen molar-refractivity contribution in [3.05, 3.63) is 116 Å². The number of nitrogens with zero attached hydrogens (tertiary/aromatic N) is 3. The Kier molecular flexibility index (Phi) is 9.37. The zero-order valence-electron chi connectivity index (χ0n) is 23.2. The van der Waals surface area contributed by atoms with Gasteiger partial charge in [-0.1, -0.05) is 93.9 Å². The lowest BCUT2D eigenvalue weighted by Gasteiger charge is -2.23. The van der Waals surface area contributed by atoms with Crippen LogP contribution in [0.3, 0.4) is 0 Å². The van der Waals surface area contributed by atoms with E-state index in [4.69, 9.17) is 51.5 Å². The van der Waals surface area contributed by atoms with Gasteiger partial charge < -0.3 is 0 Å². The average molecular weight is 694 g/mol. The molecule has 12 heteroatoms. The van der Waals surface area contributed by atoms with Crippen LogP contribution in [0.2, 0.25) is 20.1 Å². The number of thioether (sulfide) groups is 1. The van der Waals surface area contributed by atoms with Gasteiger partial charge in [-0.25, -0.2) is 8.42 Å². The molecule has 0 fully saturated rings. The smallest absolute Gasteiger partial charge is 0.266 e. The lowest BCUT2D eigenvalue weighted by atomic mass is 10.0. The van der Waals surface area contributed by atoms with E-state index in [2.05, 4.69) is 0 Å². The summed E-state index contributed by atoms with van der Waals surface area (Å²) in [5.74, 6) is -0.395. The molecule has 0 bridgehead atoms. The second-order valence-electron chi connectivity index (χ2n) is 9.98. The molecule has 4 aromatic rings. The molecule has 1 aliphatic rings. The SMILES string of the molecule is Cc1ccc(S(=O)(=O)N(C)c2ccccc2SC2C(=O)N(c3c(Cl)cc(Cl)cc3Cl)N=C2Cc2cc(C)ccc2Cl)cc1. The third kappa shape index (κ3) is 6.55. The van der Waals surface area contributed by atoms with Gasteiger partial charge in [0.2, 0.25) is 0 Å². The monoisotopic (exact) mass is 691 g/mol. The molecule has 43 heavy (non-hydrogen) atoms. The summed E-state index contributed by atoms with van der Waals surface area (Å²) in [7, 11) is -2.40. The summed E-state index contributed by atoms with van der Waals surface area (Å²) in [6, 6.07) is 22.3. The molecule has 0 radical (unpaired) electrons. The van der Waals surface area contributed by atoms with Gasteiger partial charge in [0.15, 0.2) is 0 Å². The van der Waals surface area contributed by atoms with E-state index >= 15 is 0 Å². The van der Waals surface area contributed by atoms with Gasteiger partial charge in [0.05, 0.1) is 26.3 Å². The summed E-state index contributed by atoms with van der Waals surface area (Å²) >= 11 is 26.8. The lowest BCUT2D eigenvalue weighted by molar-refractivity contribution is -0.116. The van der Waals surface area contributed by atoms with Gasteiger partial charge in [-0.05, 0) is 61.9 Å². The van der Waals surface area contributed by atoms with Crippen LogP contribution in [0.25, 0.3) is 0 Å². The Labute approximate surface area is 275 Å². The molecule has 0 saturated heterocycles. The topological polar surface area (TPSA) is 70.1 Å². The Morgan fingerprint density at radius 2 is 1.49 bits per heavy atom. The van der Waals surface area contributed by atoms with Crippen LogP contribution in [0.5, 0.6) is 0 Å². The summed E-state index contributed by atoms with van der Waals surface area (Å²) in [6.45, 7) is 3.84. The molecule has 1 amide bonds. The zero-order chi connectivity index (χ0) is 31.1. The predicted molar refractivity (Wildman–Crippen MR) is 179 cm³/mol. The molecule has 1 heterocycles. The Bertz CT molecular complexity index is 1840. The van der Waals surface area contributed by atoms with Gasteiger partial charge >= 0.3 is 0 Å². The molecule has 4 aromatic carbocycles. The second-order valence-corrected chi connectivity index (χ2v) is 14.8. The molecular weight excluding hydrogens is 668 g/mol. The molecular formula is C31H25Cl4N3O3S2. The molecule has 1 atom stereocenters. The third-order valence-corrected chi connectivity index (χ3v) is 11.1. The Morgan fingerprint density at radius 3 is 2.16 bits per heavy atom. The molecule has 5 rings (SSSR count). The van der Waals surface area contributed by atoms with Crippen molar-refractivity contribution < 1.29 is 13.2 Å². The van der Waals surface area contributed by atoms with Crippen LogP contribution in [-0.2, 0) is 21.2 Å². The van der Waals surface area contributed by atoms with Crippen molar-refractivity contribution in [2.24, 2.45) is 5.10 Å².